The van der Waals surface area contributed by atoms with E-state index in [1.807, 2.05) is 33.3 Å². The number of phosphoric ester groups is 1. The quantitative estimate of drug-likeness (QED) is 0.0212. The van der Waals surface area contributed by atoms with E-state index in [4.69, 9.17) is 18.5 Å². The number of hydrogen-bond donors (Lipinski definition) is 1. The van der Waals surface area contributed by atoms with E-state index in [0.717, 1.165) is 57.8 Å². The zero-order valence-corrected chi connectivity index (χ0v) is 39.9. The van der Waals surface area contributed by atoms with Gasteiger partial charge in [-0.1, -0.05) is 204 Å². The standard InChI is InChI=1S/C49H92NO8P/c1-6-8-10-12-14-16-18-20-21-22-23-24-25-26-27-28-30-31-33-35-37-39-41-48(51)55-45-47(46-57-59(53,54)56-44-43-50(3,4)5)58-49(52)42-40-38-36-34-32-29-19-17-15-13-11-9-7-2/h9,11,13,15,17,19,47H,6-8,10,12,14,16,18,20-46H2,1-5H3/p+1/b11-9+,15-13+,19-17+. The Hall–Kier alpha value is -1.77. The highest BCUT2D eigenvalue weighted by Crippen LogP contribution is 2.43. The molecule has 0 aliphatic carbocycles. The summed E-state index contributed by atoms with van der Waals surface area (Å²) in [4.78, 5) is 35.4. The Balaban J connectivity index is 4.20. The van der Waals surface area contributed by atoms with Gasteiger partial charge in [0.1, 0.15) is 19.8 Å². The van der Waals surface area contributed by atoms with E-state index in [2.05, 4.69) is 38.2 Å². The van der Waals surface area contributed by atoms with E-state index in [0.29, 0.717) is 17.4 Å². The zero-order chi connectivity index (χ0) is 43.6. The summed E-state index contributed by atoms with van der Waals surface area (Å²) >= 11 is 0. The molecule has 0 saturated carbocycles. The number of likely N-dealkylation sites (N-methyl/N-ethyl adjacent to an activating group) is 1. The fourth-order valence-electron chi connectivity index (χ4n) is 6.72. The first-order chi connectivity index (χ1) is 28.5. The first-order valence-corrected chi connectivity index (χ1v) is 25.7. The molecule has 59 heavy (non-hydrogen) atoms. The highest BCUT2D eigenvalue weighted by molar-refractivity contribution is 7.47. The number of carbonyl (C=O) groups is 2. The third-order valence-corrected chi connectivity index (χ3v) is 11.5. The lowest BCUT2D eigenvalue weighted by Gasteiger charge is -2.24. The van der Waals surface area contributed by atoms with Crippen molar-refractivity contribution in [3.8, 4) is 0 Å². The summed E-state index contributed by atoms with van der Waals surface area (Å²) in [5.74, 6) is -0.815. The second kappa shape index (κ2) is 41.6. The van der Waals surface area contributed by atoms with Gasteiger partial charge in [0.2, 0.25) is 0 Å². The summed E-state index contributed by atoms with van der Waals surface area (Å²) in [7, 11) is 1.46. The minimum absolute atomic E-state index is 0.0280. The average Bonchev–Trinajstić information content (AvgIpc) is 3.19. The van der Waals surface area contributed by atoms with Gasteiger partial charge >= 0.3 is 19.8 Å². The molecule has 0 aliphatic heterocycles. The van der Waals surface area contributed by atoms with Crippen LogP contribution < -0.4 is 0 Å². The zero-order valence-electron chi connectivity index (χ0n) is 39.0. The van der Waals surface area contributed by atoms with Gasteiger partial charge in [0.15, 0.2) is 6.10 Å². The smallest absolute Gasteiger partial charge is 0.462 e. The number of unbranched alkanes of at least 4 members (excludes halogenated alkanes) is 26. The Morgan fingerprint density at radius 3 is 1.42 bits per heavy atom. The van der Waals surface area contributed by atoms with Gasteiger partial charge in [-0.3, -0.25) is 18.6 Å². The third kappa shape index (κ3) is 45.6. The Labute approximate surface area is 363 Å². The van der Waals surface area contributed by atoms with E-state index in [9.17, 15) is 19.0 Å². The number of quaternary nitrogens is 1. The monoisotopic (exact) mass is 855 g/mol. The van der Waals surface area contributed by atoms with Crippen molar-refractivity contribution in [2.24, 2.45) is 0 Å². The molecule has 0 aromatic rings. The number of esters is 2. The van der Waals surface area contributed by atoms with E-state index >= 15 is 0 Å². The fraction of sp³-hybridized carbons (Fsp3) is 0.837. The minimum Gasteiger partial charge on any atom is -0.462 e. The number of ether oxygens (including phenoxy) is 2. The van der Waals surface area contributed by atoms with Crippen molar-refractivity contribution in [1.29, 1.82) is 0 Å². The molecule has 0 radical (unpaired) electrons. The second-order valence-electron chi connectivity index (χ2n) is 17.5. The predicted octanol–water partition coefficient (Wildman–Crippen LogP) is 14.1. The number of hydrogen-bond acceptors (Lipinski definition) is 7. The van der Waals surface area contributed by atoms with Crippen LogP contribution in [0.25, 0.3) is 0 Å². The summed E-state index contributed by atoms with van der Waals surface area (Å²) in [6, 6.07) is 0. The van der Waals surface area contributed by atoms with Gasteiger partial charge in [-0.2, -0.15) is 0 Å². The lowest BCUT2D eigenvalue weighted by molar-refractivity contribution is -0.870. The van der Waals surface area contributed by atoms with Gasteiger partial charge in [0, 0.05) is 12.8 Å². The molecule has 1 N–H and O–H groups in total. The van der Waals surface area contributed by atoms with Gasteiger partial charge in [0.05, 0.1) is 27.7 Å². The van der Waals surface area contributed by atoms with Gasteiger partial charge in [-0.25, -0.2) is 4.57 Å². The molecule has 0 rings (SSSR count). The molecule has 0 heterocycles. The maximum Gasteiger partial charge on any atom is 0.472 e. The van der Waals surface area contributed by atoms with Crippen LogP contribution in [0.15, 0.2) is 36.5 Å². The maximum atomic E-state index is 12.7. The van der Waals surface area contributed by atoms with Crippen molar-refractivity contribution in [1.82, 2.24) is 0 Å². The van der Waals surface area contributed by atoms with Crippen LogP contribution in [0.2, 0.25) is 0 Å². The molecule has 0 spiro atoms. The van der Waals surface area contributed by atoms with Gasteiger partial charge in [0.25, 0.3) is 0 Å². The Morgan fingerprint density at radius 2 is 0.966 bits per heavy atom. The number of carbonyl (C=O) groups excluding carboxylic acids is 2. The van der Waals surface area contributed by atoms with Crippen LogP contribution in [0.5, 0.6) is 0 Å². The number of allylic oxidation sites excluding steroid dienone is 6. The number of rotatable bonds is 44. The molecule has 0 amide bonds. The first-order valence-electron chi connectivity index (χ1n) is 24.2. The summed E-state index contributed by atoms with van der Waals surface area (Å²) < 4.78 is 34.3. The lowest BCUT2D eigenvalue weighted by atomic mass is 10.0. The topological polar surface area (TPSA) is 108 Å². The van der Waals surface area contributed by atoms with Crippen LogP contribution in [0.1, 0.15) is 213 Å². The summed E-state index contributed by atoms with van der Waals surface area (Å²) in [6.07, 6.45) is 47.8. The summed E-state index contributed by atoms with van der Waals surface area (Å²) in [6.45, 7) is 4.29. The second-order valence-corrected chi connectivity index (χ2v) is 19.0. The van der Waals surface area contributed by atoms with Crippen molar-refractivity contribution in [2.75, 3.05) is 47.5 Å². The maximum absolute atomic E-state index is 12.7. The Kier molecular flexibility index (Phi) is 40.3. The summed E-state index contributed by atoms with van der Waals surface area (Å²) in [5, 5.41) is 0. The van der Waals surface area contributed by atoms with Crippen LogP contribution in [-0.4, -0.2) is 74.9 Å². The van der Waals surface area contributed by atoms with Crippen LogP contribution in [0, 0.1) is 0 Å². The van der Waals surface area contributed by atoms with Crippen LogP contribution in [-0.2, 0) is 32.7 Å². The SMILES string of the molecule is CC/C=C/C=C/C=C/CCCCCCCC(=O)OC(COC(=O)CCCCCCCCCCCCCCCCCCCCCCCC)COP(=O)(O)OCC[N+](C)(C)C. The molecule has 10 heteroatoms. The highest BCUT2D eigenvalue weighted by Gasteiger charge is 2.27. The van der Waals surface area contributed by atoms with Gasteiger partial charge < -0.3 is 18.9 Å². The lowest BCUT2D eigenvalue weighted by Crippen LogP contribution is -2.37. The van der Waals surface area contributed by atoms with Crippen molar-refractivity contribution >= 4 is 19.8 Å². The van der Waals surface area contributed by atoms with Gasteiger partial charge in [-0.15, -0.1) is 0 Å². The van der Waals surface area contributed by atoms with Crippen LogP contribution in [0.3, 0.4) is 0 Å². The molecular formula is C49H93NO8P+. The van der Waals surface area contributed by atoms with Gasteiger partial charge in [-0.05, 0) is 32.1 Å². The molecule has 2 unspecified atom stereocenters. The number of nitrogens with zero attached hydrogens (tertiary/aromatic N) is 1. The van der Waals surface area contributed by atoms with Crippen molar-refractivity contribution in [2.45, 2.75) is 219 Å². The normalized spacial score (nSPS) is 13.8. The Bertz CT molecular complexity index is 1100. The molecule has 0 fully saturated rings. The third-order valence-electron chi connectivity index (χ3n) is 10.5. The molecule has 0 aliphatic rings. The number of phosphoric acid groups is 1. The first kappa shape index (κ1) is 57.2. The highest BCUT2D eigenvalue weighted by atomic mass is 31.2. The fourth-order valence-corrected chi connectivity index (χ4v) is 7.46. The van der Waals surface area contributed by atoms with Crippen molar-refractivity contribution in [3.63, 3.8) is 0 Å². The van der Waals surface area contributed by atoms with Crippen LogP contribution >= 0.6 is 7.82 Å². The predicted molar refractivity (Wildman–Crippen MR) is 247 cm³/mol. The minimum atomic E-state index is -4.38. The molecule has 0 aromatic carbocycles. The molecule has 9 nitrogen and oxygen atoms in total. The average molecular weight is 855 g/mol. The Morgan fingerprint density at radius 1 is 0.542 bits per heavy atom. The van der Waals surface area contributed by atoms with Crippen LogP contribution in [0.4, 0.5) is 0 Å². The van der Waals surface area contributed by atoms with E-state index in [-0.39, 0.29) is 32.0 Å². The van der Waals surface area contributed by atoms with Crippen molar-refractivity contribution < 1.29 is 42.1 Å². The molecule has 0 aromatic heterocycles. The van der Waals surface area contributed by atoms with E-state index in [1.165, 1.54) is 122 Å². The molecule has 0 saturated heterocycles. The molecule has 346 valence electrons. The van der Waals surface area contributed by atoms with E-state index in [1.54, 1.807) is 0 Å². The molecule has 2 atom stereocenters. The molecule has 0 bridgehead atoms. The summed E-state index contributed by atoms with van der Waals surface area (Å²) in [5.41, 5.74) is 0. The largest absolute Gasteiger partial charge is 0.472 e. The van der Waals surface area contributed by atoms with Crippen molar-refractivity contribution in [3.05, 3.63) is 36.5 Å². The van der Waals surface area contributed by atoms with E-state index < -0.39 is 26.5 Å². The molecular weight excluding hydrogens is 762 g/mol.